The number of carbonyl (C=O) groups is 3. The van der Waals surface area contributed by atoms with E-state index in [0.717, 1.165) is 16.6 Å². The number of ether oxygens (including phenoxy) is 3. The smallest absolute Gasteiger partial charge is 0.356 e. The van der Waals surface area contributed by atoms with Gasteiger partial charge in [-0.1, -0.05) is 6.92 Å². The van der Waals surface area contributed by atoms with Gasteiger partial charge >= 0.3 is 17.9 Å². The average molecular weight is 729 g/mol. The molecule has 0 saturated heterocycles. The average Bonchev–Trinajstić information content (AvgIpc) is 4.00. The molecule has 9 aromatic rings. The van der Waals surface area contributed by atoms with Gasteiger partial charge in [-0.25, -0.2) is 14.4 Å². The molecule has 2 unspecified atom stereocenters. The first-order valence-corrected chi connectivity index (χ1v) is 17.1. The first kappa shape index (κ1) is 32.6. The van der Waals surface area contributed by atoms with Gasteiger partial charge in [0.05, 0.1) is 22.8 Å². The Kier molecular flexibility index (Phi) is 7.87. The van der Waals surface area contributed by atoms with Gasteiger partial charge in [0, 0.05) is 91.1 Å². The van der Waals surface area contributed by atoms with Gasteiger partial charge in [0.15, 0.2) is 35.9 Å². The lowest BCUT2D eigenvalue weighted by Gasteiger charge is -2.17. The van der Waals surface area contributed by atoms with E-state index in [-0.39, 0.29) is 12.4 Å². The molecular weight excluding hydrogens is 696 g/mol. The molecule has 54 heavy (non-hydrogen) atoms. The third kappa shape index (κ3) is 6.06. The molecule has 0 fully saturated rings. The van der Waals surface area contributed by atoms with E-state index in [1.165, 1.54) is 0 Å². The summed E-state index contributed by atoms with van der Waals surface area (Å²) in [5, 5.41) is 0. The van der Waals surface area contributed by atoms with Crippen LogP contribution in [0.2, 0.25) is 0 Å². The Balaban J connectivity index is 0.804. The molecule has 2 atom stereocenters. The summed E-state index contributed by atoms with van der Waals surface area (Å²) < 4.78 is 39.5. The predicted octanol–water partition coefficient (Wildman–Crippen LogP) is 8.60. The van der Waals surface area contributed by atoms with Gasteiger partial charge in [0.1, 0.15) is 28.6 Å². The molecule has 15 nitrogen and oxygen atoms in total. The predicted molar refractivity (Wildman–Crippen MR) is 193 cm³/mol. The second-order valence-corrected chi connectivity index (χ2v) is 12.8. The number of carbonyl (C=O) groups excluding carboxylic acids is 3. The van der Waals surface area contributed by atoms with Crippen LogP contribution in [0.5, 0.6) is 0 Å². The van der Waals surface area contributed by atoms with E-state index in [1.807, 2.05) is 54.3 Å². The Morgan fingerprint density at radius 1 is 0.685 bits per heavy atom. The van der Waals surface area contributed by atoms with Crippen LogP contribution in [0, 0.1) is 0 Å². The molecule has 0 aliphatic carbocycles. The molecule has 9 rings (SSSR count). The molecule has 0 bridgehead atoms. The van der Waals surface area contributed by atoms with E-state index in [1.54, 1.807) is 77.3 Å². The zero-order valence-electron chi connectivity index (χ0n) is 28.9. The minimum Gasteiger partial charge on any atom is -0.463 e. The van der Waals surface area contributed by atoms with E-state index in [0.29, 0.717) is 57.1 Å². The second kappa shape index (κ2) is 13.0. The molecule has 0 aromatic carbocycles. The van der Waals surface area contributed by atoms with Crippen LogP contribution < -0.4 is 0 Å². The van der Waals surface area contributed by atoms with Crippen molar-refractivity contribution in [3.05, 3.63) is 121 Å². The van der Waals surface area contributed by atoms with Crippen molar-refractivity contribution in [1.82, 2.24) is 28.7 Å². The normalized spacial score (nSPS) is 12.9. The van der Waals surface area contributed by atoms with Crippen molar-refractivity contribution in [2.75, 3.05) is 0 Å². The fourth-order valence-corrected chi connectivity index (χ4v) is 6.33. The molecule has 15 heteroatoms. The largest absolute Gasteiger partial charge is 0.463 e. The lowest BCUT2D eigenvalue weighted by molar-refractivity contribution is 0.00728. The Morgan fingerprint density at radius 2 is 1.30 bits per heavy atom. The number of esters is 3. The summed E-state index contributed by atoms with van der Waals surface area (Å²) in [6.07, 6.45) is 12.0. The summed E-state index contributed by atoms with van der Waals surface area (Å²) in [6.45, 7) is 3.71. The zero-order valence-corrected chi connectivity index (χ0v) is 28.9. The number of H-pyrrole nitrogens is 3. The highest BCUT2D eigenvalue weighted by molar-refractivity contribution is 5.95. The highest BCUT2D eigenvalue weighted by atomic mass is 16.6. The number of aromatic nitrogens is 6. The summed E-state index contributed by atoms with van der Waals surface area (Å²) in [5.41, 5.74) is 5.94. The number of rotatable bonds is 12. The topological polar surface area (TPSA) is 180 Å². The Labute approximate surface area is 304 Å². The summed E-state index contributed by atoms with van der Waals surface area (Å²) in [4.78, 5) is 47.5. The highest BCUT2D eigenvalue weighted by Crippen LogP contribution is 2.32. The van der Waals surface area contributed by atoms with E-state index < -0.39 is 30.4 Å². The Hall–Kier alpha value is -7.29. The van der Waals surface area contributed by atoms with Gasteiger partial charge in [-0.2, -0.15) is 0 Å². The van der Waals surface area contributed by atoms with Crippen LogP contribution in [0.4, 0.5) is 0 Å². The zero-order chi connectivity index (χ0) is 36.9. The number of furan rings is 3. The van der Waals surface area contributed by atoms with Crippen molar-refractivity contribution in [1.29, 1.82) is 0 Å². The van der Waals surface area contributed by atoms with Crippen LogP contribution in [-0.4, -0.2) is 46.6 Å². The molecule has 0 saturated carbocycles. The molecule has 0 spiro atoms. The van der Waals surface area contributed by atoms with Gasteiger partial charge in [-0.15, -0.1) is 0 Å². The number of nitrogens with one attached hydrogen (secondary N) is 3. The van der Waals surface area contributed by atoms with Gasteiger partial charge in [0.25, 0.3) is 0 Å². The molecule has 9 heterocycles. The van der Waals surface area contributed by atoms with Gasteiger partial charge < -0.3 is 56.1 Å². The summed E-state index contributed by atoms with van der Waals surface area (Å²) in [7, 11) is 0. The maximum atomic E-state index is 13.1. The van der Waals surface area contributed by atoms with Crippen molar-refractivity contribution >= 4 is 51.2 Å². The Bertz CT molecular complexity index is 2680. The van der Waals surface area contributed by atoms with Gasteiger partial charge in [-0.3, -0.25) is 0 Å². The molecule has 0 aliphatic rings. The van der Waals surface area contributed by atoms with Gasteiger partial charge in [0.2, 0.25) is 0 Å². The molecule has 3 N–H and O–H groups in total. The Morgan fingerprint density at radius 3 is 1.96 bits per heavy atom. The molecular formula is C39H32N6O9. The third-order valence-corrected chi connectivity index (χ3v) is 9.14. The van der Waals surface area contributed by atoms with Crippen LogP contribution in [0.1, 0.15) is 64.2 Å². The van der Waals surface area contributed by atoms with E-state index in [9.17, 15) is 14.4 Å². The first-order chi connectivity index (χ1) is 26.3. The number of hydrogen-bond acceptors (Lipinski definition) is 9. The van der Waals surface area contributed by atoms with Crippen molar-refractivity contribution < 1.29 is 41.8 Å². The lowest BCUT2D eigenvalue weighted by atomic mass is 10.2. The van der Waals surface area contributed by atoms with Crippen molar-refractivity contribution in [2.24, 2.45) is 0 Å². The summed E-state index contributed by atoms with van der Waals surface area (Å²) >= 11 is 0. The second-order valence-electron chi connectivity index (χ2n) is 12.8. The maximum absolute atomic E-state index is 13.1. The van der Waals surface area contributed by atoms with E-state index >= 15 is 0 Å². The lowest BCUT2D eigenvalue weighted by Crippen LogP contribution is -2.16. The fraction of sp³-hybridized carbons (Fsp3) is 0.154. The van der Waals surface area contributed by atoms with Crippen LogP contribution in [-0.2, 0) is 20.9 Å². The van der Waals surface area contributed by atoms with Crippen molar-refractivity contribution in [2.45, 2.75) is 39.5 Å². The summed E-state index contributed by atoms with van der Waals surface area (Å²) in [5.74, 6) is -0.380. The standard InChI is InChI=1S/C39H32N6O9/c1-3-36(44-9-4-5-10-44)54-39(48)30-18-35-27(42-30)15-32(53-35)24-7-12-45(20-24)22(2)51-38(47)29-17-34-26(41-29)14-31(52-34)23-6-11-43(19-23)21-50-37(46)28-16-33-25(40-28)8-13-49-33/h4-20,22,36,40-42H,3,21H2,1-2H3. The van der Waals surface area contributed by atoms with Crippen LogP contribution in [0.25, 0.3) is 55.9 Å². The summed E-state index contributed by atoms with van der Waals surface area (Å²) in [6, 6.07) is 17.6. The minimum absolute atomic E-state index is 0.00135. The molecule has 0 aliphatic heterocycles. The quantitative estimate of drug-likeness (QED) is 0.0820. The maximum Gasteiger partial charge on any atom is 0.356 e. The number of aromatic amines is 3. The molecule has 9 aromatic heterocycles. The third-order valence-electron chi connectivity index (χ3n) is 9.14. The molecule has 272 valence electrons. The molecule has 0 radical (unpaired) electrons. The van der Waals surface area contributed by atoms with Crippen LogP contribution in [0.15, 0.2) is 117 Å². The number of fused-ring (bicyclic) bond motifs is 3. The minimum atomic E-state index is -0.638. The fourth-order valence-electron chi connectivity index (χ4n) is 6.33. The van der Waals surface area contributed by atoms with Crippen LogP contribution >= 0.6 is 0 Å². The highest BCUT2D eigenvalue weighted by Gasteiger charge is 2.22. The SMILES string of the molecule is CCC(OC(=O)c1cc2oc(-c3ccn(C(C)OC(=O)c4cc5oc(-c6ccn(COC(=O)c7cc8occc8[nH]7)c6)cc5[nH]4)c3)cc2[nH]1)n1cccc1. The first-order valence-electron chi connectivity index (χ1n) is 17.1. The van der Waals surface area contributed by atoms with Crippen LogP contribution in [0.3, 0.4) is 0 Å². The monoisotopic (exact) mass is 728 g/mol. The van der Waals surface area contributed by atoms with Gasteiger partial charge in [-0.05, 0) is 31.2 Å². The van der Waals surface area contributed by atoms with E-state index in [4.69, 9.17) is 27.5 Å². The van der Waals surface area contributed by atoms with Crippen molar-refractivity contribution in [3.63, 3.8) is 0 Å². The number of nitrogens with zero attached hydrogens (tertiary/aromatic N) is 3. The molecule has 0 amide bonds. The number of hydrogen-bond donors (Lipinski definition) is 3. The van der Waals surface area contributed by atoms with Crippen molar-refractivity contribution in [3.8, 4) is 22.6 Å². The van der Waals surface area contributed by atoms with E-state index in [2.05, 4.69) is 15.0 Å².